The van der Waals surface area contributed by atoms with Crippen LogP contribution in [-0.2, 0) is 6.54 Å². The second-order valence-electron chi connectivity index (χ2n) is 6.20. The third-order valence-corrected chi connectivity index (χ3v) is 4.39. The molecule has 1 aromatic carbocycles. The van der Waals surface area contributed by atoms with Crippen molar-refractivity contribution in [3.05, 3.63) is 35.4 Å². The summed E-state index contributed by atoms with van der Waals surface area (Å²) in [6, 6.07) is 10.7. The topological polar surface area (TPSA) is 3.24 Å². The van der Waals surface area contributed by atoms with Crippen molar-refractivity contribution >= 4 is 0 Å². The minimum absolute atomic E-state index is 0.631. The third kappa shape index (κ3) is 3.14. The Labute approximate surface area is 112 Å². The van der Waals surface area contributed by atoms with Crippen molar-refractivity contribution < 1.29 is 0 Å². The van der Waals surface area contributed by atoms with Gasteiger partial charge in [0, 0.05) is 18.6 Å². The van der Waals surface area contributed by atoms with Crippen LogP contribution in [0.2, 0.25) is 0 Å². The van der Waals surface area contributed by atoms with Crippen LogP contribution >= 0.6 is 0 Å². The summed E-state index contributed by atoms with van der Waals surface area (Å²) >= 11 is 0. The molecule has 1 saturated heterocycles. The Hall–Kier alpha value is -0.820. The summed E-state index contributed by atoms with van der Waals surface area (Å²) in [6.07, 6.45) is 4.11. The van der Waals surface area contributed by atoms with E-state index in [0.717, 1.165) is 18.6 Å². The van der Waals surface area contributed by atoms with Crippen molar-refractivity contribution in [1.82, 2.24) is 4.90 Å². The smallest absolute Gasteiger partial charge is 0.0239 e. The number of hydrogen-bond acceptors (Lipinski definition) is 1. The average Bonchev–Trinajstić information content (AvgIpc) is 2.34. The van der Waals surface area contributed by atoms with E-state index in [1.165, 1.54) is 30.4 Å². The molecule has 1 fully saturated rings. The van der Waals surface area contributed by atoms with Crippen molar-refractivity contribution in [2.24, 2.45) is 0 Å². The number of rotatable bonds is 3. The van der Waals surface area contributed by atoms with Gasteiger partial charge in [0.1, 0.15) is 0 Å². The molecule has 0 spiro atoms. The van der Waals surface area contributed by atoms with Crippen LogP contribution < -0.4 is 0 Å². The van der Waals surface area contributed by atoms with E-state index in [4.69, 9.17) is 0 Å². The molecule has 0 saturated carbocycles. The zero-order valence-electron chi connectivity index (χ0n) is 12.3. The van der Waals surface area contributed by atoms with Crippen LogP contribution in [0.15, 0.2) is 24.3 Å². The normalized spacial score (nSPS) is 25.6. The Bertz CT molecular complexity index is 356. The Kier molecular flexibility index (Phi) is 4.45. The molecule has 0 aromatic heterocycles. The van der Waals surface area contributed by atoms with E-state index in [0.29, 0.717) is 5.92 Å². The van der Waals surface area contributed by atoms with Gasteiger partial charge in [0.2, 0.25) is 0 Å². The maximum atomic E-state index is 2.66. The van der Waals surface area contributed by atoms with E-state index >= 15 is 0 Å². The van der Waals surface area contributed by atoms with Crippen molar-refractivity contribution in [3.8, 4) is 0 Å². The predicted molar refractivity (Wildman–Crippen MR) is 78.8 cm³/mol. The first-order valence-electron chi connectivity index (χ1n) is 7.42. The van der Waals surface area contributed by atoms with Crippen molar-refractivity contribution in [2.45, 2.75) is 71.5 Å². The summed E-state index contributed by atoms with van der Waals surface area (Å²) in [5.41, 5.74) is 2.90. The second kappa shape index (κ2) is 5.88. The molecular formula is C17H27N. The molecule has 1 aliphatic heterocycles. The van der Waals surface area contributed by atoms with E-state index in [-0.39, 0.29) is 0 Å². The molecular weight excluding hydrogens is 218 g/mol. The van der Waals surface area contributed by atoms with Gasteiger partial charge in [0.05, 0.1) is 0 Å². The number of hydrogen-bond donors (Lipinski definition) is 0. The maximum Gasteiger partial charge on any atom is 0.0239 e. The van der Waals surface area contributed by atoms with Gasteiger partial charge in [-0.15, -0.1) is 0 Å². The van der Waals surface area contributed by atoms with E-state index in [1.807, 2.05) is 0 Å². The van der Waals surface area contributed by atoms with E-state index in [9.17, 15) is 0 Å². The molecule has 2 rings (SSSR count). The zero-order valence-corrected chi connectivity index (χ0v) is 12.3. The molecule has 0 bridgehead atoms. The van der Waals surface area contributed by atoms with Crippen molar-refractivity contribution in [2.75, 3.05) is 0 Å². The molecule has 1 heterocycles. The van der Waals surface area contributed by atoms with Gasteiger partial charge in [0.15, 0.2) is 0 Å². The minimum Gasteiger partial charge on any atom is -0.294 e. The maximum absolute atomic E-state index is 2.66. The van der Waals surface area contributed by atoms with E-state index < -0.39 is 0 Å². The van der Waals surface area contributed by atoms with Crippen LogP contribution in [0.5, 0.6) is 0 Å². The first-order valence-corrected chi connectivity index (χ1v) is 7.42. The van der Waals surface area contributed by atoms with Gasteiger partial charge in [-0.05, 0) is 43.7 Å². The van der Waals surface area contributed by atoms with Crippen LogP contribution in [-0.4, -0.2) is 17.0 Å². The van der Waals surface area contributed by atoms with Gasteiger partial charge in [-0.3, -0.25) is 4.90 Å². The molecule has 1 aromatic rings. The molecule has 1 aliphatic rings. The highest BCUT2D eigenvalue weighted by atomic mass is 15.2. The highest BCUT2D eigenvalue weighted by Crippen LogP contribution is 2.25. The number of benzene rings is 1. The monoisotopic (exact) mass is 245 g/mol. The SMILES string of the molecule is CC(C)c1ccc(CN2[C@H](C)CCC[C@@H]2C)cc1. The zero-order chi connectivity index (χ0) is 13.1. The van der Waals surface area contributed by atoms with Gasteiger partial charge in [-0.1, -0.05) is 44.5 Å². The molecule has 0 amide bonds. The highest BCUT2D eigenvalue weighted by Gasteiger charge is 2.24. The number of nitrogens with zero attached hydrogens (tertiary/aromatic N) is 1. The van der Waals surface area contributed by atoms with E-state index in [1.54, 1.807) is 0 Å². The van der Waals surface area contributed by atoms with Gasteiger partial charge >= 0.3 is 0 Å². The Balaban J connectivity index is 2.03. The Morgan fingerprint density at radius 3 is 2.11 bits per heavy atom. The molecule has 18 heavy (non-hydrogen) atoms. The lowest BCUT2D eigenvalue weighted by atomic mass is 9.96. The largest absolute Gasteiger partial charge is 0.294 e. The molecule has 1 nitrogen and oxygen atoms in total. The van der Waals surface area contributed by atoms with Crippen LogP contribution in [0.4, 0.5) is 0 Å². The summed E-state index contributed by atoms with van der Waals surface area (Å²) < 4.78 is 0. The fourth-order valence-corrected chi connectivity index (χ4v) is 3.01. The summed E-state index contributed by atoms with van der Waals surface area (Å²) in [4.78, 5) is 2.66. The minimum atomic E-state index is 0.631. The van der Waals surface area contributed by atoms with Gasteiger partial charge in [0.25, 0.3) is 0 Å². The average molecular weight is 245 g/mol. The van der Waals surface area contributed by atoms with Crippen molar-refractivity contribution in [3.63, 3.8) is 0 Å². The fraction of sp³-hybridized carbons (Fsp3) is 0.647. The van der Waals surface area contributed by atoms with Crippen LogP contribution in [0.3, 0.4) is 0 Å². The Morgan fingerprint density at radius 1 is 1.06 bits per heavy atom. The molecule has 0 radical (unpaired) electrons. The first-order chi connectivity index (χ1) is 8.58. The van der Waals surface area contributed by atoms with Crippen LogP contribution in [0, 0.1) is 0 Å². The molecule has 100 valence electrons. The summed E-state index contributed by atoms with van der Waals surface area (Å²) in [7, 11) is 0. The first kappa shape index (κ1) is 13.6. The number of piperidine rings is 1. The third-order valence-electron chi connectivity index (χ3n) is 4.39. The van der Waals surface area contributed by atoms with Crippen molar-refractivity contribution in [1.29, 1.82) is 0 Å². The van der Waals surface area contributed by atoms with E-state index in [2.05, 4.69) is 56.9 Å². The van der Waals surface area contributed by atoms with Gasteiger partial charge < -0.3 is 0 Å². The summed E-state index contributed by atoms with van der Waals surface area (Å²) in [6.45, 7) is 10.4. The number of likely N-dealkylation sites (tertiary alicyclic amines) is 1. The Morgan fingerprint density at radius 2 is 1.61 bits per heavy atom. The lowest BCUT2D eigenvalue weighted by Crippen LogP contribution is -2.42. The van der Waals surface area contributed by atoms with Crippen LogP contribution in [0.25, 0.3) is 0 Å². The molecule has 0 unspecified atom stereocenters. The molecule has 2 atom stereocenters. The van der Waals surface area contributed by atoms with Crippen LogP contribution in [0.1, 0.15) is 64.0 Å². The fourth-order valence-electron chi connectivity index (χ4n) is 3.01. The highest BCUT2D eigenvalue weighted by molar-refractivity contribution is 5.24. The predicted octanol–water partition coefficient (Wildman–Crippen LogP) is 4.57. The van der Waals surface area contributed by atoms with Gasteiger partial charge in [-0.2, -0.15) is 0 Å². The lowest BCUT2D eigenvalue weighted by Gasteiger charge is -2.39. The standard InChI is InChI=1S/C17H27N/c1-13(2)17-10-8-16(9-11-17)12-18-14(3)6-5-7-15(18)4/h8-11,13-15H,5-7,12H2,1-4H3/t14-,15+. The molecule has 1 heteroatoms. The summed E-state index contributed by atoms with van der Waals surface area (Å²) in [5, 5.41) is 0. The lowest BCUT2D eigenvalue weighted by molar-refractivity contribution is 0.0953. The summed E-state index contributed by atoms with van der Waals surface area (Å²) in [5.74, 6) is 0.631. The second-order valence-corrected chi connectivity index (χ2v) is 6.20. The van der Waals surface area contributed by atoms with Gasteiger partial charge in [-0.25, -0.2) is 0 Å². The molecule has 0 N–H and O–H groups in total. The quantitative estimate of drug-likeness (QED) is 0.754. The molecule has 0 aliphatic carbocycles.